The minimum atomic E-state index is 0.0909. The zero-order valence-electron chi connectivity index (χ0n) is 11.3. The number of carbonyl (C=O) groups is 1. The molecule has 0 spiro atoms. The Bertz CT molecular complexity index is 436. The van der Waals surface area contributed by atoms with E-state index in [0.29, 0.717) is 24.0 Å². The lowest BCUT2D eigenvalue weighted by Crippen LogP contribution is -2.44. The highest BCUT2D eigenvalue weighted by Crippen LogP contribution is 2.25. The minimum absolute atomic E-state index is 0.0909. The van der Waals surface area contributed by atoms with Crippen molar-refractivity contribution in [3.8, 4) is 5.75 Å². The normalized spacial score (nSPS) is 19.3. The van der Waals surface area contributed by atoms with Crippen molar-refractivity contribution in [2.75, 3.05) is 18.5 Å². The van der Waals surface area contributed by atoms with E-state index in [0.717, 1.165) is 24.7 Å². The van der Waals surface area contributed by atoms with Gasteiger partial charge in [0.05, 0.1) is 12.2 Å². The molecule has 1 fully saturated rings. The quantitative estimate of drug-likeness (QED) is 0.793. The molecule has 1 amide bonds. The van der Waals surface area contributed by atoms with Crippen LogP contribution in [0.4, 0.5) is 0 Å². The molecule has 4 heteroatoms. The Balaban J connectivity index is 2.22. The summed E-state index contributed by atoms with van der Waals surface area (Å²) >= 11 is 3.52. The maximum atomic E-state index is 12.7. The zero-order valence-corrected chi connectivity index (χ0v) is 12.9. The average Bonchev–Trinajstić information content (AvgIpc) is 2.47. The van der Waals surface area contributed by atoms with Crippen molar-refractivity contribution in [2.45, 2.75) is 32.2 Å². The smallest absolute Gasteiger partial charge is 0.257 e. The van der Waals surface area contributed by atoms with Gasteiger partial charge in [0.2, 0.25) is 0 Å². The van der Waals surface area contributed by atoms with Crippen LogP contribution >= 0.6 is 15.9 Å². The number of carbonyl (C=O) groups excluding carboxylic acids is 1. The van der Waals surface area contributed by atoms with Gasteiger partial charge < -0.3 is 9.64 Å². The largest absolute Gasteiger partial charge is 0.493 e. The fourth-order valence-electron chi connectivity index (χ4n) is 2.51. The summed E-state index contributed by atoms with van der Waals surface area (Å²) < 4.78 is 5.56. The number of hydrogen-bond acceptors (Lipinski definition) is 2. The van der Waals surface area contributed by atoms with E-state index < -0.39 is 0 Å². The SMILES string of the molecule is CCOc1ccccc1C(=O)N1CCCCC1CBr. The van der Waals surface area contributed by atoms with Crippen LogP contribution in [-0.2, 0) is 0 Å². The summed E-state index contributed by atoms with van der Waals surface area (Å²) in [7, 11) is 0. The Hall–Kier alpha value is -1.03. The van der Waals surface area contributed by atoms with Crippen LogP contribution in [0.1, 0.15) is 36.5 Å². The predicted octanol–water partition coefficient (Wildman–Crippen LogP) is 3.47. The molecule has 0 N–H and O–H groups in total. The number of alkyl halides is 1. The second-order valence-electron chi connectivity index (χ2n) is 4.73. The van der Waals surface area contributed by atoms with Gasteiger partial charge >= 0.3 is 0 Å². The predicted molar refractivity (Wildman–Crippen MR) is 80.1 cm³/mol. The molecule has 1 aliphatic rings. The van der Waals surface area contributed by atoms with Gasteiger partial charge in [-0.15, -0.1) is 0 Å². The Morgan fingerprint density at radius 2 is 2.21 bits per heavy atom. The molecule has 19 heavy (non-hydrogen) atoms. The number of benzene rings is 1. The minimum Gasteiger partial charge on any atom is -0.493 e. The third-order valence-corrected chi connectivity index (χ3v) is 4.23. The summed E-state index contributed by atoms with van der Waals surface area (Å²) in [6, 6.07) is 7.82. The summed E-state index contributed by atoms with van der Waals surface area (Å²) in [5, 5.41) is 0.843. The van der Waals surface area contributed by atoms with E-state index in [1.807, 2.05) is 36.1 Å². The van der Waals surface area contributed by atoms with Crippen LogP contribution in [-0.4, -0.2) is 35.3 Å². The van der Waals surface area contributed by atoms with Crippen molar-refractivity contribution in [1.29, 1.82) is 0 Å². The van der Waals surface area contributed by atoms with E-state index in [1.165, 1.54) is 6.42 Å². The number of amides is 1. The molecule has 2 rings (SSSR count). The van der Waals surface area contributed by atoms with E-state index in [1.54, 1.807) is 0 Å². The van der Waals surface area contributed by atoms with E-state index in [9.17, 15) is 4.79 Å². The number of rotatable bonds is 4. The molecule has 1 aromatic rings. The molecule has 0 aromatic heterocycles. The van der Waals surface area contributed by atoms with Crippen LogP contribution in [0, 0.1) is 0 Å². The summed E-state index contributed by atoms with van der Waals surface area (Å²) in [6.45, 7) is 3.35. The first kappa shape index (κ1) is 14.4. The lowest BCUT2D eigenvalue weighted by atomic mass is 10.0. The maximum absolute atomic E-state index is 12.7. The Morgan fingerprint density at radius 3 is 2.95 bits per heavy atom. The van der Waals surface area contributed by atoms with Crippen LogP contribution in [0.5, 0.6) is 5.75 Å². The number of likely N-dealkylation sites (tertiary alicyclic amines) is 1. The maximum Gasteiger partial charge on any atom is 0.257 e. The number of ether oxygens (including phenoxy) is 1. The van der Waals surface area contributed by atoms with Gasteiger partial charge in [0.25, 0.3) is 5.91 Å². The van der Waals surface area contributed by atoms with E-state index in [-0.39, 0.29) is 5.91 Å². The fourth-order valence-corrected chi connectivity index (χ4v) is 3.18. The topological polar surface area (TPSA) is 29.5 Å². The first-order chi connectivity index (χ1) is 9.27. The fraction of sp³-hybridized carbons (Fsp3) is 0.533. The molecule has 0 saturated carbocycles. The van der Waals surface area contributed by atoms with E-state index in [2.05, 4.69) is 15.9 Å². The highest BCUT2D eigenvalue weighted by Gasteiger charge is 2.28. The molecule has 0 aliphatic carbocycles. The summed E-state index contributed by atoms with van der Waals surface area (Å²) in [5.41, 5.74) is 0.678. The third-order valence-electron chi connectivity index (χ3n) is 3.48. The highest BCUT2D eigenvalue weighted by atomic mass is 79.9. The standard InChI is InChI=1S/C15H20BrNO2/c1-2-19-14-9-4-3-8-13(14)15(18)17-10-6-5-7-12(17)11-16/h3-4,8-9,12H,2,5-7,10-11H2,1H3. The lowest BCUT2D eigenvalue weighted by molar-refractivity contribution is 0.0638. The van der Waals surface area contributed by atoms with Crippen molar-refractivity contribution in [1.82, 2.24) is 4.90 Å². The number of halogens is 1. The first-order valence-electron chi connectivity index (χ1n) is 6.86. The number of hydrogen-bond donors (Lipinski definition) is 0. The molecular weight excluding hydrogens is 306 g/mol. The van der Waals surface area contributed by atoms with Gasteiger partial charge in [0.15, 0.2) is 0 Å². The van der Waals surface area contributed by atoms with Gasteiger partial charge in [0, 0.05) is 17.9 Å². The highest BCUT2D eigenvalue weighted by molar-refractivity contribution is 9.09. The number of piperidine rings is 1. The van der Waals surface area contributed by atoms with Crippen LogP contribution in [0.15, 0.2) is 24.3 Å². The average molecular weight is 326 g/mol. The molecule has 1 heterocycles. The summed E-state index contributed by atoms with van der Waals surface area (Å²) in [5.74, 6) is 0.780. The van der Waals surface area contributed by atoms with Crippen molar-refractivity contribution >= 4 is 21.8 Å². The molecule has 1 saturated heterocycles. The van der Waals surface area contributed by atoms with Crippen LogP contribution in [0.25, 0.3) is 0 Å². The molecule has 1 aliphatic heterocycles. The van der Waals surface area contributed by atoms with Crippen LogP contribution in [0.2, 0.25) is 0 Å². The first-order valence-corrected chi connectivity index (χ1v) is 7.98. The van der Waals surface area contributed by atoms with Crippen LogP contribution in [0.3, 0.4) is 0 Å². The molecule has 1 unspecified atom stereocenters. The summed E-state index contributed by atoms with van der Waals surface area (Å²) in [4.78, 5) is 14.7. The molecule has 1 aromatic carbocycles. The molecule has 1 atom stereocenters. The Morgan fingerprint density at radius 1 is 1.42 bits per heavy atom. The summed E-state index contributed by atoms with van der Waals surface area (Å²) in [6.07, 6.45) is 3.37. The zero-order chi connectivity index (χ0) is 13.7. The Kier molecular flexibility index (Phi) is 5.25. The van der Waals surface area contributed by atoms with Gasteiger partial charge in [-0.2, -0.15) is 0 Å². The molecular formula is C15H20BrNO2. The number of nitrogens with zero attached hydrogens (tertiary/aromatic N) is 1. The van der Waals surface area contributed by atoms with E-state index in [4.69, 9.17) is 4.74 Å². The Labute approximate surface area is 123 Å². The van der Waals surface area contributed by atoms with Crippen molar-refractivity contribution in [3.63, 3.8) is 0 Å². The monoisotopic (exact) mass is 325 g/mol. The van der Waals surface area contributed by atoms with Gasteiger partial charge in [-0.05, 0) is 38.3 Å². The molecule has 0 bridgehead atoms. The van der Waals surface area contributed by atoms with Gasteiger partial charge in [-0.25, -0.2) is 0 Å². The van der Waals surface area contributed by atoms with Crippen LogP contribution < -0.4 is 4.74 Å². The van der Waals surface area contributed by atoms with Gasteiger partial charge in [0.1, 0.15) is 5.75 Å². The van der Waals surface area contributed by atoms with Crippen molar-refractivity contribution < 1.29 is 9.53 Å². The second-order valence-corrected chi connectivity index (χ2v) is 5.38. The number of para-hydroxylation sites is 1. The van der Waals surface area contributed by atoms with Crippen molar-refractivity contribution in [2.24, 2.45) is 0 Å². The van der Waals surface area contributed by atoms with E-state index >= 15 is 0 Å². The second kappa shape index (κ2) is 6.94. The van der Waals surface area contributed by atoms with Gasteiger partial charge in [-0.3, -0.25) is 4.79 Å². The third kappa shape index (κ3) is 3.30. The lowest BCUT2D eigenvalue weighted by Gasteiger charge is -2.35. The molecule has 104 valence electrons. The molecule has 3 nitrogen and oxygen atoms in total. The molecule has 0 radical (unpaired) electrons. The van der Waals surface area contributed by atoms with Crippen molar-refractivity contribution in [3.05, 3.63) is 29.8 Å². The van der Waals surface area contributed by atoms with Gasteiger partial charge in [-0.1, -0.05) is 28.1 Å².